The molecular weight excluding hydrogens is 278 g/mol. The van der Waals surface area contributed by atoms with E-state index in [1.165, 1.54) is 7.11 Å². The Hall–Kier alpha value is -2.12. The molecule has 0 bridgehead atoms. The molecule has 0 aromatic carbocycles. The van der Waals surface area contributed by atoms with E-state index in [9.17, 15) is 19.2 Å². The van der Waals surface area contributed by atoms with Crippen LogP contribution in [0.2, 0.25) is 0 Å². The first kappa shape index (κ1) is 18.9. The summed E-state index contributed by atoms with van der Waals surface area (Å²) in [5, 5.41) is 4.98. The van der Waals surface area contributed by atoms with Gasteiger partial charge in [-0.1, -0.05) is 6.92 Å². The highest BCUT2D eigenvalue weighted by Crippen LogP contribution is 1.93. The Balaban J connectivity index is 4.54. The molecule has 0 rings (SSSR count). The number of hydrogen-bond acceptors (Lipinski definition) is 5. The van der Waals surface area contributed by atoms with Gasteiger partial charge in [0.1, 0.15) is 13.1 Å². The van der Waals surface area contributed by atoms with Gasteiger partial charge in [-0.05, 0) is 13.3 Å². The Bertz CT molecular complexity index is 384. The van der Waals surface area contributed by atoms with E-state index in [4.69, 9.17) is 0 Å². The van der Waals surface area contributed by atoms with Crippen molar-refractivity contribution in [3.8, 4) is 0 Å². The second kappa shape index (κ2) is 10.6. The van der Waals surface area contributed by atoms with Gasteiger partial charge in [-0.15, -0.1) is 0 Å². The quantitative estimate of drug-likeness (QED) is 0.534. The first-order valence-corrected chi connectivity index (χ1v) is 6.82. The van der Waals surface area contributed by atoms with Crippen molar-refractivity contribution in [2.45, 2.75) is 26.7 Å². The number of ether oxygens (including phenoxy) is 1. The molecule has 0 heterocycles. The van der Waals surface area contributed by atoms with Crippen LogP contribution in [0.25, 0.3) is 0 Å². The largest absolute Gasteiger partial charge is 0.468 e. The highest BCUT2D eigenvalue weighted by molar-refractivity contribution is 5.90. The number of likely N-dealkylation sites (N-methyl/N-ethyl adjacent to an activating group) is 1. The van der Waals surface area contributed by atoms with Crippen molar-refractivity contribution >= 4 is 23.7 Å². The van der Waals surface area contributed by atoms with Crippen molar-refractivity contribution in [3.05, 3.63) is 0 Å². The normalized spacial score (nSPS) is 9.67. The topological polar surface area (TPSA) is 105 Å². The molecule has 120 valence electrons. The number of hydrogen-bond donors (Lipinski definition) is 2. The SMILES string of the molecule is CCCC(=O)NCC(=O)N(CC(=O)NCC)CC(=O)OC. The summed E-state index contributed by atoms with van der Waals surface area (Å²) in [5.41, 5.74) is 0. The maximum Gasteiger partial charge on any atom is 0.325 e. The number of nitrogens with zero attached hydrogens (tertiary/aromatic N) is 1. The zero-order valence-corrected chi connectivity index (χ0v) is 12.7. The molecule has 0 aromatic heterocycles. The van der Waals surface area contributed by atoms with Crippen LogP contribution < -0.4 is 10.6 Å². The minimum Gasteiger partial charge on any atom is -0.468 e. The van der Waals surface area contributed by atoms with Crippen molar-refractivity contribution in [2.75, 3.05) is 33.3 Å². The van der Waals surface area contributed by atoms with E-state index in [0.717, 1.165) is 4.90 Å². The number of methoxy groups -OCH3 is 1. The van der Waals surface area contributed by atoms with Gasteiger partial charge in [0.05, 0.1) is 13.7 Å². The third-order valence-corrected chi connectivity index (χ3v) is 2.52. The van der Waals surface area contributed by atoms with Crippen LogP contribution in [0.3, 0.4) is 0 Å². The van der Waals surface area contributed by atoms with Crippen LogP contribution in [0.5, 0.6) is 0 Å². The third kappa shape index (κ3) is 8.61. The molecule has 0 radical (unpaired) electrons. The van der Waals surface area contributed by atoms with Crippen LogP contribution in [0, 0.1) is 0 Å². The smallest absolute Gasteiger partial charge is 0.325 e. The summed E-state index contributed by atoms with van der Waals surface area (Å²) in [6.07, 6.45) is 0.991. The second-order valence-electron chi connectivity index (χ2n) is 4.31. The Labute approximate surface area is 124 Å². The molecule has 8 heteroatoms. The van der Waals surface area contributed by atoms with Gasteiger partial charge < -0.3 is 20.3 Å². The maximum absolute atomic E-state index is 12.0. The number of amides is 3. The molecule has 0 unspecified atom stereocenters. The predicted molar refractivity (Wildman–Crippen MR) is 75.2 cm³/mol. The average molecular weight is 301 g/mol. The lowest BCUT2D eigenvalue weighted by molar-refractivity contribution is -0.147. The molecule has 0 aromatic rings. The Morgan fingerprint density at radius 2 is 1.67 bits per heavy atom. The van der Waals surface area contributed by atoms with E-state index >= 15 is 0 Å². The fourth-order valence-corrected chi connectivity index (χ4v) is 1.48. The molecule has 0 saturated heterocycles. The van der Waals surface area contributed by atoms with Crippen molar-refractivity contribution < 1.29 is 23.9 Å². The first-order chi connectivity index (χ1) is 9.94. The van der Waals surface area contributed by atoms with Crippen molar-refractivity contribution in [2.24, 2.45) is 0 Å². The van der Waals surface area contributed by atoms with E-state index in [1.807, 2.05) is 6.92 Å². The highest BCUT2D eigenvalue weighted by Gasteiger charge is 2.20. The summed E-state index contributed by atoms with van der Waals surface area (Å²) in [6, 6.07) is 0. The molecule has 21 heavy (non-hydrogen) atoms. The lowest BCUT2D eigenvalue weighted by Gasteiger charge is -2.21. The summed E-state index contributed by atoms with van der Waals surface area (Å²) in [7, 11) is 1.19. The van der Waals surface area contributed by atoms with Gasteiger partial charge in [-0.25, -0.2) is 0 Å². The van der Waals surface area contributed by atoms with Crippen molar-refractivity contribution in [3.63, 3.8) is 0 Å². The molecule has 0 spiro atoms. The van der Waals surface area contributed by atoms with Gasteiger partial charge in [0.25, 0.3) is 0 Å². The van der Waals surface area contributed by atoms with Crippen molar-refractivity contribution in [1.29, 1.82) is 0 Å². The lowest BCUT2D eigenvalue weighted by atomic mass is 10.3. The van der Waals surface area contributed by atoms with Crippen LogP contribution >= 0.6 is 0 Å². The number of esters is 1. The molecule has 8 nitrogen and oxygen atoms in total. The Morgan fingerprint density at radius 3 is 2.19 bits per heavy atom. The van der Waals surface area contributed by atoms with Gasteiger partial charge in [0.15, 0.2) is 0 Å². The third-order valence-electron chi connectivity index (χ3n) is 2.52. The van der Waals surface area contributed by atoms with Gasteiger partial charge >= 0.3 is 5.97 Å². The van der Waals surface area contributed by atoms with Gasteiger partial charge in [-0.2, -0.15) is 0 Å². The molecule has 3 amide bonds. The molecule has 0 atom stereocenters. The number of carbonyl (C=O) groups excluding carboxylic acids is 4. The molecule has 0 aliphatic rings. The first-order valence-electron chi connectivity index (χ1n) is 6.82. The number of nitrogens with one attached hydrogen (secondary N) is 2. The number of carbonyl (C=O) groups is 4. The maximum atomic E-state index is 12.0. The van der Waals surface area contributed by atoms with Crippen LogP contribution in [0.15, 0.2) is 0 Å². The standard InChI is InChI=1S/C13H23N3O5/c1-4-6-10(17)15-7-12(19)16(9-13(20)21-3)8-11(18)14-5-2/h4-9H2,1-3H3,(H,14,18)(H,15,17). The monoisotopic (exact) mass is 301 g/mol. The fraction of sp³-hybridized carbons (Fsp3) is 0.692. The van der Waals surface area contributed by atoms with Crippen molar-refractivity contribution in [1.82, 2.24) is 15.5 Å². The summed E-state index contributed by atoms with van der Waals surface area (Å²) >= 11 is 0. The molecule has 0 saturated carbocycles. The molecule has 0 aliphatic carbocycles. The average Bonchev–Trinajstić information content (AvgIpc) is 2.44. The zero-order chi connectivity index (χ0) is 16.3. The van der Waals surface area contributed by atoms with Crippen LogP contribution in [0.1, 0.15) is 26.7 Å². The van der Waals surface area contributed by atoms with E-state index in [2.05, 4.69) is 15.4 Å². The summed E-state index contributed by atoms with van der Waals surface area (Å²) in [6.45, 7) is 3.17. The summed E-state index contributed by atoms with van der Waals surface area (Å²) in [4.78, 5) is 47.1. The molecular formula is C13H23N3O5. The molecule has 0 fully saturated rings. The van der Waals surface area contributed by atoms with Crippen LogP contribution in [-0.4, -0.2) is 61.9 Å². The van der Waals surface area contributed by atoms with E-state index in [1.54, 1.807) is 6.92 Å². The van der Waals surface area contributed by atoms with Gasteiger partial charge in [0.2, 0.25) is 17.7 Å². The zero-order valence-electron chi connectivity index (χ0n) is 12.7. The Morgan fingerprint density at radius 1 is 1.00 bits per heavy atom. The van der Waals surface area contributed by atoms with Gasteiger partial charge in [-0.3, -0.25) is 19.2 Å². The minimum atomic E-state index is -0.632. The van der Waals surface area contributed by atoms with E-state index in [0.29, 0.717) is 19.4 Å². The lowest BCUT2D eigenvalue weighted by Crippen LogP contribution is -2.47. The summed E-state index contributed by atoms with van der Waals surface area (Å²) in [5.74, 6) is -1.78. The van der Waals surface area contributed by atoms with E-state index < -0.39 is 11.9 Å². The Kier molecular flexibility index (Phi) is 9.57. The van der Waals surface area contributed by atoms with Gasteiger partial charge in [0, 0.05) is 13.0 Å². The van der Waals surface area contributed by atoms with E-state index in [-0.39, 0.29) is 31.4 Å². The number of rotatable bonds is 9. The molecule has 0 aliphatic heterocycles. The second-order valence-corrected chi connectivity index (χ2v) is 4.31. The summed E-state index contributed by atoms with van der Waals surface area (Å²) < 4.78 is 4.48. The van der Waals surface area contributed by atoms with Crippen LogP contribution in [-0.2, 0) is 23.9 Å². The van der Waals surface area contributed by atoms with Crippen LogP contribution in [0.4, 0.5) is 0 Å². The highest BCUT2D eigenvalue weighted by atomic mass is 16.5. The predicted octanol–water partition coefficient (Wildman–Crippen LogP) is -0.960. The fourth-order valence-electron chi connectivity index (χ4n) is 1.48. The molecule has 2 N–H and O–H groups in total. The minimum absolute atomic E-state index is 0.248.